The topological polar surface area (TPSA) is 47.6 Å². The Kier molecular flexibility index (Phi) is 6.54. The minimum atomic E-state index is -0.274. The van der Waals surface area contributed by atoms with Crippen LogP contribution in [0.1, 0.15) is 59.3 Å². The summed E-state index contributed by atoms with van der Waals surface area (Å²) in [5, 5.41) is 2.88. The predicted octanol–water partition coefficient (Wildman–Crippen LogP) is 3.99. The van der Waals surface area contributed by atoms with Crippen molar-refractivity contribution in [2.24, 2.45) is 23.2 Å². The fraction of sp³-hybridized carbons (Fsp3) is 0.944. The second kappa shape index (κ2) is 8.19. The molecule has 128 valence electrons. The summed E-state index contributed by atoms with van der Waals surface area (Å²) in [6, 6.07) is 0. The summed E-state index contributed by atoms with van der Waals surface area (Å²) in [5.74, 6) is 2.27. The van der Waals surface area contributed by atoms with Crippen molar-refractivity contribution in [1.82, 2.24) is 5.32 Å². The first kappa shape index (κ1) is 17.6. The van der Waals surface area contributed by atoms with Gasteiger partial charge in [-0.2, -0.15) is 0 Å². The van der Waals surface area contributed by atoms with E-state index in [9.17, 15) is 4.79 Å². The van der Waals surface area contributed by atoms with Crippen LogP contribution >= 0.6 is 0 Å². The number of amides is 1. The number of alkyl carbamates (subject to hydrolysis) is 1. The minimum Gasteiger partial charge on any atom is -0.449 e. The summed E-state index contributed by atoms with van der Waals surface area (Å²) in [6.07, 6.45) is 7.87. The van der Waals surface area contributed by atoms with Gasteiger partial charge in [0.15, 0.2) is 0 Å². The largest absolute Gasteiger partial charge is 0.449 e. The Morgan fingerprint density at radius 2 is 1.77 bits per heavy atom. The number of hydrogen-bond acceptors (Lipinski definition) is 3. The highest BCUT2D eigenvalue weighted by Gasteiger charge is 2.49. The zero-order valence-electron chi connectivity index (χ0n) is 14.5. The fourth-order valence-electron chi connectivity index (χ4n) is 3.71. The first-order valence-corrected chi connectivity index (χ1v) is 9.02. The summed E-state index contributed by atoms with van der Waals surface area (Å²) in [4.78, 5) is 11.9. The number of carbonyl (C=O) groups excluding carboxylic acids is 1. The normalized spacial score (nSPS) is 28.2. The van der Waals surface area contributed by atoms with Crippen LogP contribution in [-0.2, 0) is 9.47 Å². The van der Waals surface area contributed by atoms with Crippen molar-refractivity contribution >= 4 is 6.09 Å². The number of hydrogen-bond donors (Lipinski definition) is 1. The van der Waals surface area contributed by atoms with Crippen LogP contribution in [0.3, 0.4) is 0 Å². The molecule has 2 saturated carbocycles. The summed E-state index contributed by atoms with van der Waals surface area (Å²) in [6.45, 7) is 8.71. The molecule has 4 heteroatoms. The van der Waals surface area contributed by atoms with Crippen LogP contribution in [-0.4, -0.2) is 32.5 Å². The molecule has 2 fully saturated rings. The molecule has 2 aliphatic carbocycles. The first-order chi connectivity index (χ1) is 10.5. The smallest absolute Gasteiger partial charge is 0.407 e. The van der Waals surface area contributed by atoms with Crippen LogP contribution in [0, 0.1) is 23.2 Å². The zero-order valence-corrected chi connectivity index (χ0v) is 14.5. The van der Waals surface area contributed by atoms with E-state index in [1.54, 1.807) is 0 Å². The van der Waals surface area contributed by atoms with E-state index in [0.717, 1.165) is 11.8 Å². The molecule has 0 aliphatic heterocycles. The highest BCUT2D eigenvalue weighted by molar-refractivity contribution is 5.67. The lowest BCUT2D eigenvalue weighted by Gasteiger charge is -2.24. The van der Waals surface area contributed by atoms with Gasteiger partial charge in [-0.1, -0.05) is 39.5 Å². The molecule has 2 aliphatic rings. The molecule has 1 N–H and O–H groups in total. The van der Waals surface area contributed by atoms with E-state index in [1.807, 2.05) is 6.92 Å². The molecular weight excluding hydrogens is 278 g/mol. The van der Waals surface area contributed by atoms with Crippen LogP contribution in [0.25, 0.3) is 0 Å². The Morgan fingerprint density at radius 1 is 1.14 bits per heavy atom. The lowest BCUT2D eigenvalue weighted by atomic mass is 9.95. The zero-order chi connectivity index (χ0) is 16.0. The van der Waals surface area contributed by atoms with E-state index < -0.39 is 0 Å². The average molecular weight is 311 g/mol. The summed E-state index contributed by atoms with van der Waals surface area (Å²) in [7, 11) is 0. The molecular formula is C18H33NO3. The Hall–Kier alpha value is -0.770. The van der Waals surface area contributed by atoms with E-state index >= 15 is 0 Å². The molecule has 22 heavy (non-hydrogen) atoms. The van der Waals surface area contributed by atoms with Crippen molar-refractivity contribution < 1.29 is 14.3 Å². The van der Waals surface area contributed by atoms with Crippen LogP contribution in [0.2, 0.25) is 0 Å². The van der Waals surface area contributed by atoms with Gasteiger partial charge in [0.25, 0.3) is 0 Å². The van der Waals surface area contributed by atoms with E-state index in [4.69, 9.17) is 9.47 Å². The number of fused-ring (bicyclic) bond motifs is 1. The van der Waals surface area contributed by atoms with Crippen molar-refractivity contribution in [3.8, 4) is 0 Å². The van der Waals surface area contributed by atoms with Gasteiger partial charge >= 0.3 is 6.09 Å². The maximum absolute atomic E-state index is 11.9. The van der Waals surface area contributed by atoms with Crippen molar-refractivity contribution in [2.75, 3.05) is 26.4 Å². The van der Waals surface area contributed by atoms with Gasteiger partial charge in [-0.05, 0) is 37.5 Å². The van der Waals surface area contributed by atoms with Gasteiger partial charge in [0.1, 0.15) is 0 Å². The third-order valence-corrected chi connectivity index (χ3v) is 5.15. The molecule has 0 aromatic rings. The monoisotopic (exact) mass is 311 g/mol. The first-order valence-electron chi connectivity index (χ1n) is 9.02. The molecule has 0 radical (unpaired) electrons. The van der Waals surface area contributed by atoms with E-state index in [1.165, 1.54) is 38.5 Å². The van der Waals surface area contributed by atoms with E-state index in [2.05, 4.69) is 19.2 Å². The maximum atomic E-state index is 11.9. The molecule has 3 atom stereocenters. The molecule has 0 aromatic heterocycles. The van der Waals surface area contributed by atoms with Gasteiger partial charge in [-0.15, -0.1) is 0 Å². The summed E-state index contributed by atoms with van der Waals surface area (Å²) < 4.78 is 10.9. The van der Waals surface area contributed by atoms with Crippen LogP contribution < -0.4 is 5.32 Å². The summed E-state index contributed by atoms with van der Waals surface area (Å²) in [5.41, 5.74) is -0.0571. The number of carbonyl (C=O) groups is 1. The SMILES string of the molecule is CCOCC(C)(C)CNC(=O)OCC1[C@H]2CCCCCC[C@@H]12. The van der Waals surface area contributed by atoms with Crippen molar-refractivity contribution in [1.29, 1.82) is 0 Å². The second-order valence-corrected chi connectivity index (χ2v) is 7.74. The Balaban J connectivity index is 1.62. The number of rotatable bonds is 7. The van der Waals surface area contributed by atoms with Crippen molar-refractivity contribution in [3.05, 3.63) is 0 Å². The Bertz CT molecular complexity index is 342. The van der Waals surface area contributed by atoms with Crippen molar-refractivity contribution in [2.45, 2.75) is 59.3 Å². The van der Waals surface area contributed by atoms with Crippen LogP contribution in [0.4, 0.5) is 4.79 Å². The van der Waals surface area contributed by atoms with Gasteiger partial charge < -0.3 is 14.8 Å². The summed E-state index contributed by atoms with van der Waals surface area (Å²) >= 11 is 0. The highest BCUT2D eigenvalue weighted by atomic mass is 16.5. The molecule has 0 saturated heterocycles. The van der Waals surface area contributed by atoms with Crippen molar-refractivity contribution in [3.63, 3.8) is 0 Å². The molecule has 0 bridgehead atoms. The number of ether oxygens (including phenoxy) is 2. The molecule has 1 unspecified atom stereocenters. The van der Waals surface area contributed by atoms with E-state index in [-0.39, 0.29) is 11.5 Å². The van der Waals surface area contributed by atoms with Gasteiger partial charge in [0.05, 0.1) is 13.2 Å². The van der Waals surface area contributed by atoms with Gasteiger partial charge in [0, 0.05) is 18.6 Å². The van der Waals surface area contributed by atoms with Gasteiger partial charge in [0.2, 0.25) is 0 Å². The molecule has 0 aromatic carbocycles. The standard InChI is InChI=1S/C18H33NO3/c1-4-21-13-18(2,3)12-19-17(20)22-11-16-14-9-7-5-6-8-10-15(14)16/h14-16H,4-13H2,1-3H3,(H,19,20)/t14-,15+,16?. The quantitative estimate of drug-likeness (QED) is 0.773. The average Bonchev–Trinajstić information content (AvgIpc) is 3.10. The predicted molar refractivity (Wildman–Crippen MR) is 87.8 cm³/mol. The number of nitrogens with one attached hydrogen (secondary N) is 1. The Labute approximate surface area is 135 Å². The second-order valence-electron chi connectivity index (χ2n) is 7.74. The third-order valence-electron chi connectivity index (χ3n) is 5.15. The Morgan fingerprint density at radius 3 is 2.36 bits per heavy atom. The molecule has 4 nitrogen and oxygen atoms in total. The highest BCUT2D eigenvalue weighted by Crippen LogP contribution is 2.53. The lowest BCUT2D eigenvalue weighted by Crippen LogP contribution is -2.37. The minimum absolute atomic E-state index is 0.0571. The van der Waals surface area contributed by atoms with Crippen LogP contribution in [0.5, 0.6) is 0 Å². The maximum Gasteiger partial charge on any atom is 0.407 e. The van der Waals surface area contributed by atoms with Crippen LogP contribution in [0.15, 0.2) is 0 Å². The van der Waals surface area contributed by atoms with E-state index in [0.29, 0.717) is 32.3 Å². The third kappa shape index (κ3) is 5.45. The van der Waals surface area contributed by atoms with Gasteiger partial charge in [-0.25, -0.2) is 4.79 Å². The van der Waals surface area contributed by atoms with Gasteiger partial charge in [-0.3, -0.25) is 0 Å². The molecule has 0 heterocycles. The fourth-order valence-corrected chi connectivity index (χ4v) is 3.71. The molecule has 0 spiro atoms. The lowest BCUT2D eigenvalue weighted by molar-refractivity contribution is 0.0679. The molecule has 2 rings (SSSR count). The molecule has 1 amide bonds.